The summed E-state index contributed by atoms with van der Waals surface area (Å²) in [6.07, 6.45) is 7.90. The first kappa shape index (κ1) is 30.5. The molecule has 0 unspecified atom stereocenters. The van der Waals surface area contributed by atoms with Gasteiger partial charge in [-0.2, -0.15) is 0 Å². The zero-order valence-electron chi connectivity index (χ0n) is 15.7. The maximum Gasteiger partial charge on any atom is 0.0414 e. The quantitative estimate of drug-likeness (QED) is 0.151. The van der Waals surface area contributed by atoms with Gasteiger partial charge in [-0.1, -0.05) is 38.5 Å². The number of rotatable bonds is 16. The molecule has 0 aliphatic carbocycles. The third-order valence-electron chi connectivity index (χ3n) is 3.52. The second kappa shape index (κ2) is 22.8. The van der Waals surface area contributed by atoms with Crippen molar-refractivity contribution >= 4 is 51.2 Å². The van der Waals surface area contributed by atoms with E-state index >= 15 is 0 Å². The van der Waals surface area contributed by atoms with Gasteiger partial charge in [0.1, 0.15) is 0 Å². The summed E-state index contributed by atoms with van der Waals surface area (Å²) in [6, 6.07) is 0. The molecule has 0 saturated carbocycles. The first-order valence-electron chi connectivity index (χ1n) is 9.05. The molecule has 4 radical (unpaired) electrons. The average molecular weight is 580 g/mol. The van der Waals surface area contributed by atoms with Gasteiger partial charge in [-0.15, -0.1) is 0 Å². The van der Waals surface area contributed by atoms with Crippen LogP contribution in [0.25, 0.3) is 0 Å². The van der Waals surface area contributed by atoms with Crippen LogP contribution in [0.3, 0.4) is 0 Å². The molecule has 0 rings (SSSR count). The Balaban J connectivity index is -0.000000411. The number of aliphatic carboxylic acids is 4. The van der Waals surface area contributed by atoms with Crippen LogP contribution in [0.5, 0.6) is 0 Å². The van der Waals surface area contributed by atoms with Gasteiger partial charge in [0.2, 0.25) is 0 Å². The SMILES string of the molecule is O=C([O-])CCCCCCCC(=O)[O-].O=C([O-])CCCCCCCC(=O)[O-].[Pb]. The average Bonchev–Trinajstić information content (AvgIpc) is 2.52. The molecule has 0 heterocycles. The predicted molar refractivity (Wildman–Crippen MR) is 90.4 cm³/mol. The van der Waals surface area contributed by atoms with Gasteiger partial charge in [-0.25, -0.2) is 0 Å². The number of carboxylic acid groups (broad SMARTS) is 4. The molecule has 0 spiro atoms. The van der Waals surface area contributed by atoms with E-state index in [1.54, 1.807) is 0 Å². The molecule has 156 valence electrons. The minimum atomic E-state index is -1.02. The maximum atomic E-state index is 9.98. The molecule has 0 atom stereocenters. The van der Waals surface area contributed by atoms with Gasteiger partial charge in [-0.05, 0) is 51.4 Å². The van der Waals surface area contributed by atoms with Crippen LogP contribution in [-0.4, -0.2) is 51.2 Å². The molecule has 8 nitrogen and oxygen atoms in total. The van der Waals surface area contributed by atoms with Crippen LogP contribution >= 0.6 is 0 Å². The van der Waals surface area contributed by atoms with Gasteiger partial charge < -0.3 is 39.6 Å². The summed E-state index contributed by atoms with van der Waals surface area (Å²) in [4.78, 5) is 39.9. The molecule has 9 heteroatoms. The van der Waals surface area contributed by atoms with E-state index in [0.29, 0.717) is 25.7 Å². The van der Waals surface area contributed by atoms with Crippen molar-refractivity contribution in [1.29, 1.82) is 0 Å². The van der Waals surface area contributed by atoms with Crippen molar-refractivity contribution in [2.45, 2.75) is 89.9 Å². The third kappa shape index (κ3) is 36.5. The standard InChI is InChI=1S/2C9H16O4.Pb/c2*10-8(11)6-4-2-1-3-5-7-9(12)13;/h2*1-7H2,(H,10,11)(H,12,13);/p-4. The molecule has 0 aliphatic heterocycles. The Labute approximate surface area is 180 Å². The van der Waals surface area contributed by atoms with Gasteiger partial charge in [-0.3, -0.25) is 0 Å². The predicted octanol–water partition coefficient (Wildman–Crippen LogP) is -1.95. The molecule has 0 amide bonds. The third-order valence-corrected chi connectivity index (χ3v) is 3.52. The van der Waals surface area contributed by atoms with E-state index < -0.39 is 23.9 Å². The van der Waals surface area contributed by atoms with Gasteiger partial charge in [0.25, 0.3) is 0 Å². The Kier molecular flexibility index (Phi) is 25.8. The maximum absolute atomic E-state index is 9.98. The Morgan fingerprint density at radius 2 is 0.519 bits per heavy atom. The van der Waals surface area contributed by atoms with Gasteiger partial charge in [0.15, 0.2) is 0 Å². The van der Waals surface area contributed by atoms with Gasteiger partial charge in [0.05, 0.1) is 0 Å². The molecule has 0 bridgehead atoms. The fourth-order valence-corrected chi connectivity index (χ4v) is 2.14. The molecule has 0 aliphatic rings. The number of hydrogen-bond donors (Lipinski definition) is 0. The monoisotopic (exact) mass is 580 g/mol. The minimum Gasteiger partial charge on any atom is -0.550 e. The largest absolute Gasteiger partial charge is 0.550 e. The normalized spacial score (nSPS) is 9.48. The van der Waals surface area contributed by atoms with Crippen molar-refractivity contribution in [2.75, 3.05) is 0 Å². The Hall–Kier alpha value is -1.20. The Morgan fingerprint density at radius 3 is 0.667 bits per heavy atom. The van der Waals surface area contributed by atoms with E-state index in [4.69, 9.17) is 0 Å². The fraction of sp³-hybridized carbons (Fsp3) is 0.778. The summed E-state index contributed by atoms with van der Waals surface area (Å²) in [5.74, 6) is -4.08. The first-order valence-corrected chi connectivity index (χ1v) is 9.05. The summed E-state index contributed by atoms with van der Waals surface area (Å²) in [7, 11) is 0. The Bertz CT molecular complexity index is 338. The first-order chi connectivity index (χ1) is 12.3. The summed E-state index contributed by atoms with van der Waals surface area (Å²) >= 11 is 0. The van der Waals surface area contributed by atoms with Crippen molar-refractivity contribution in [3.63, 3.8) is 0 Å². The molecule has 0 saturated heterocycles. The summed E-state index contributed by atoms with van der Waals surface area (Å²) in [5.41, 5.74) is 0. The zero-order chi connectivity index (χ0) is 20.2. The van der Waals surface area contributed by atoms with Crippen LogP contribution in [0.2, 0.25) is 0 Å². The second-order valence-electron chi connectivity index (χ2n) is 6.02. The topological polar surface area (TPSA) is 161 Å². The molecule has 27 heavy (non-hydrogen) atoms. The molecular weight excluding hydrogens is 551 g/mol. The van der Waals surface area contributed by atoms with E-state index in [2.05, 4.69) is 0 Å². The number of hydrogen-bond acceptors (Lipinski definition) is 8. The van der Waals surface area contributed by atoms with Crippen molar-refractivity contribution < 1.29 is 39.6 Å². The Morgan fingerprint density at radius 1 is 0.370 bits per heavy atom. The molecule has 0 fully saturated rings. The van der Waals surface area contributed by atoms with Crippen LogP contribution in [0, 0.1) is 0 Å². The van der Waals surface area contributed by atoms with Crippen molar-refractivity contribution in [3.8, 4) is 0 Å². The van der Waals surface area contributed by atoms with E-state index in [1.165, 1.54) is 0 Å². The number of carbonyl (C=O) groups is 4. The van der Waals surface area contributed by atoms with Crippen molar-refractivity contribution in [2.24, 2.45) is 0 Å². The van der Waals surface area contributed by atoms with Crippen LogP contribution in [0.15, 0.2) is 0 Å². The van der Waals surface area contributed by atoms with Crippen LogP contribution in [0.1, 0.15) is 89.9 Å². The van der Waals surface area contributed by atoms with Crippen LogP contribution in [-0.2, 0) is 19.2 Å². The minimum absolute atomic E-state index is 0. The van der Waals surface area contributed by atoms with Crippen molar-refractivity contribution in [3.05, 3.63) is 0 Å². The summed E-state index contributed by atoms with van der Waals surface area (Å²) < 4.78 is 0. The van der Waals surface area contributed by atoms with Gasteiger partial charge in [0, 0.05) is 51.2 Å². The zero-order valence-corrected chi connectivity index (χ0v) is 19.6. The number of carboxylic acids is 4. The molecule has 0 aromatic carbocycles. The number of carbonyl (C=O) groups excluding carboxylic acids is 4. The van der Waals surface area contributed by atoms with Crippen molar-refractivity contribution in [1.82, 2.24) is 0 Å². The summed E-state index contributed by atoms with van der Waals surface area (Å²) in [5, 5.41) is 39.9. The molecular formula is C18H28O8Pb-4. The van der Waals surface area contributed by atoms with Gasteiger partial charge >= 0.3 is 0 Å². The van der Waals surface area contributed by atoms with E-state index in [1.807, 2.05) is 0 Å². The molecule has 0 aromatic rings. The molecule has 0 aromatic heterocycles. The fourth-order valence-electron chi connectivity index (χ4n) is 2.14. The smallest absolute Gasteiger partial charge is 0.0414 e. The second-order valence-corrected chi connectivity index (χ2v) is 6.02. The van der Waals surface area contributed by atoms with E-state index in [0.717, 1.165) is 38.5 Å². The van der Waals surface area contributed by atoms with Crippen LogP contribution < -0.4 is 20.4 Å². The van der Waals surface area contributed by atoms with E-state index in [-0.39, 0.29) is 53.0 Å². The van der Waals surface area contributed by atoms with E-state index in [9.17, 15) is 39.6 Å². The number of unbranched alkanes of at least 4 members (excludes halogenated alkanes) is 8. The summed E-state index contributed by atoms with van der Waals surface area (Å²) in [6.45, 7) is 0. The molecule has 0 N–H and O–H groups in total. The van der Waals surface area contributed by atoms with Crippen LogP contribution in [0.4, 0.5) is 0 Å².